The summed E-state index contributed by atoms with van der Waals surface area (Å²) >= 11 is 0. The minimum atomic E-state index is -0.835. The molecule has 1 aromatic heterocycles. The number of aromatic nitrogens is 4. The van der Waals surface area contributed by atoms with Crippen molar-refractivity contribution in [2.75, 3.05) is 0 Å². The van der Waals surface area contributed by atoms with Crippen molar-refractivity contribution in [3.8, 4) is 0 Å². The van der Waals surface area contributed by atoms with Gasteiger partial charge >= 0.3 is 5.97 Å². The van der Waals surface area contributed by atoms with Crippen molar-refractivity contribution in [3.63, 3.8) is 0 Å². The average molecular weight is 268 g/mol. The van der Waals surface area contributed by atoms with Crippen LogP contribution in [0, 0.1) is 17.3 Å². The summed E-state index contributed by atoms with van der Waals surface area (Å²) in [5, 5.41) is 20.7. The first-order valence-corrected chi connectivity index (χ1v) is 6.64. The van der Waals surface area contributed by atoms with Gasteiger partial charge in [-0.3, -0.25) is 4.79 Å². The predicted molar refractivity (Wildman–Crippen MR) is 71.7 cm³/mol. The van der Waals surface area contributed by atoms with Gasteiger partial charge in [-0.1, -0.05) is 27.7 Å². The van der Waals surface area contributed by atoms with E-state index in [1.54, 1.807) is 11.6 Å². The summed E-state index contributed by atoms with van der Waals surface area (Å²) in [7, 11) is 0. The van der Waals surface area contributed by atoms with Gasteiger partial charge in [0.05, 0.1) is 12.0 Å². The van der Waals surface area contributed by atoms with E-state index >= 15 is 0 Å². The molecule has 0 saturated heterocycles. The second-order valence-electron chi connectivity index (χ2n) is 6.38. The third-order valence-electron chi connectivity index (χ3n) is 4.03. The van der Waals surface area contributed by atoms with Gasteiger partial charge in [0, 0.05) is 6.42 Å². The van der Waals surface area contributed by atoms with E-state index in [2.05, 4.69) is 43.2 Å². The van der Waals surface area contributed by atoms with E-state index in [1.165, 1.54) is 0 Å². The van der Waals surface area contributed by atoms with Gasteiger partial charge in [-0.2, -0.15) is 0 Å². The fourth-order valence-corrected chi connectivity index (χ4v) is 1.66. The molecule has 1 heterocycles. The van der Waals surface area contributed by atoms with Crippen LogP contribution in [0.1, 0.15) is 53.4 Å². The highest BCUT2D eigenvalue weighted by Crippen LogP contribution is 2.28. The molecule has 0 fully saturated rings. The molecule has 0 aliphatic carbocycles. The summed E-state index contributed by atoms with van der Waals surface area (Å²) in [6.45, 7) is 12.2. The van der Waals surface area contributed by atoms with E-state index in [0.29, 0.717) is 5.92 Å². The number of aliphatic carboxylic acids is 1. The number of tetrazole rings is 1. The Morgan fingerprint density at radius 1 is 1.32 bits per heavy atom. The lowest BCUT2D eigenvalue weighted by Crippen LogP contribution is -2.26. The Morgan fingerprint density at radius 2 is 1.89 bits per heavy atom. The largest absolute Gasteiger partial charge is 0.481 e. The van der Waals surface area contributed by atoms with Gasteiger partial charge in [-0.05, 0) is 35.6 Å². The third-order valence-corrected chi connectivity index (χ3v) is 4.03. The first kappa shape index (κ1) is 15.6. The molecule has 1 rings (SSSR count). The van der Waals surface area contributed by atoms with Crippen LogP contribution in [0.25, 0.3) is 0 Å². The molecule has 0 aliphatic heterocycles. The van der Waals surface area contributed by atoms with Gasteiger partial charge in [0.15, 0.2) is 5.82 Å². The maximum Gasteiger partial charge on any atom is 0.308 e. The number of hydrogen-bond acceptors (Lipinski definition) is 4. The number of carboxylic acids is 1. The molecule has 108 valence electrons. The Balaban J connectivity index is 2.89. The van der Waals surface area contributed by atoms with Gasteiger partial charge in [-0.15, -0.1) is 5.10 Å². The van der Waals surface area contributed by atoms with Crippen molar-refractivity contribution < 1.29 is 9.90 Å². The van der Waals surface area contributed by atoms with Crippen LogP contribution in [0.15, 0.2) is 0 Å². The lowest BCUT2D eigenvalue weighted by Gasteiger charge is -2.27. The Labute approximate surface area is 114 Å². The molecular weight excluding hydrogens is 244 g/mol. The summed E-state index contributed by atoms with van der Waals surface area (Å²) in [5.41, 5.74) is 0.165. The lowest BCUT2D eigenvalue weighted by atomic mass is 9.80. The van der Waals surface area contributed by atoms with E-state index in [4.69, 9.17) is 5.11 Å². The predicted octanol–water partition coefficient (Wildman–Crippen LogP) is 2.18. The molecule has 0 bridgehead atoms. The van der Waals surface area contributed by atoms with E-state index in [9.17, 15) is 4.79 Å². The molecule has 0 aromatic carbocycles. The van der Waals surface area contributed by atoms with Crippen molar-refractivity contribution in [2.45, 2.75) is 54.0 Å². The molecule has 0 spiro atoms. The maximum atomic E-state index is 11.0. The molecule has 3 atom stereocenters. The quantitative estimate of drug-likeness (QED) is 0.885. The molecule has 0 amide bonds. The highest BCUT2D eigenvalue weighted by atomic mass is 16.4. The summed E-state index contributed by atoms with van der Waals surface area (Å²) in [6, 6.07) is -0.255. The van der Waals surface area contributed by atoms with E-state index in [-0.39, 0.29) is 11.5 Å². The summed E-state index contributed by atoms with van der Waals surface area (Å²) in [4.78, 5) is 11.0. The zero-order valence-corrected chi connectivity index (χ0v) is 12.6. The monoisotopic (exact) mass is 268 g/mol. The van der Waals surface area contributed by atoms with Crippen LogP contribution in [-0.4, -0.2) is 31.3 Å². The lowest BCUT2D eigenvalue weighted by molar-refractivity contribution is -0.142. The minimum Gasteiger partial charge on any atom is -0.481 e. The van der Waals surface area contributed by atoms with Crippen LogP contribution in [0.2, 0.25) is 0 Å². The van der Waals surface area contributed by atoms with E-state index < -0.39 is 11.9 Å². The molecule has 1 N–H and O–H groups in total. The first-order valence-electron chi connectivity index (χ1n) is 6.64. The number of nitrogens with zero attached hydrogens (tertiary/aromatic N) is 4. The van der Waals surface area contributed by atoms with Crippen LogP contribution < -0.4 is 0 Å². The number of carboxylic acid groups (broad SMARTS) is 1. The van der Waals surface area contributed by atoms with Crippen molar-refractivity contribution in [1.29, 1.82) is 0 Å². The molecule has 0 saturated carbocycles. The molecule has 1 aromatic rings. The van der Waals surface area contributed by atoms with Crippen LogP contribution in [-0.2, 0) is 11.2 Å². The Bertz CT molecular complexity index is 436. The minimum absolute atomic E-state index is 0.165. The molecule has 0 aliphatic rings. The van der Waals surface area contributed by atoms with Crippen molar-refractivity contribution in [2.24, 2.45) is 17.3 Å². The second kappa shape index (κ2) is 5.67. The van der Waals surface area contributed by atoms with Gasteiger partial charge in [0.2, 0.25) is 0 Å². The fraction of sp³-hybridized carbons (Fsp3) is 0.846. The summed E-state index contributed by atoms with van der Waals surface area (Å²) in [5.74, 6) is -0.197. The number of carbonyl (C=O) groups is 1. The topological polar surface area (TPSA) is 80.9 Å². The first-order chi connectivity index (χ1) is 8.64. The van der Waals surface area contributed by atoms with Gasteiger partial charge in [-0.25, -0.2) is 4.68 Å². The van der Waals surface area contributed by atoms with Gasteiger partial charge in [0.25, 0.3) is 0 Å². The number of rotatable bonds is 5. The Morgan fingerprint density at radius 3 is 2.37 bits per heavy atom. The smallest absolute Gasteiger partial charge is 0.308 e. The zero-order chi connectivity index (χ0) is 14.8. The molecule has 3 unspecified atom stereocenters. The molecule has 0 radical (unpaired) electrons. The van der Waals surface area contributed by atoms with Crippen molar-refractivity contribution >= 4 is 5.97 Å². The Kier molecular flexibility index (Phi) is 4.66. The molecule has 6 heteroatoms. The van der Waals surface area contributed by atoms with Crippen molar-refractivity contribution in [3.05, 3.63) is 5.82 Å². The van der Waals surface area contributed by atoms with Crippen LogP contribution in [0.5, 0.6) is 0 Å². The van der Waals surface area contributed by atoms with Crippen LogP contribution in [0.3, 0.4) is 0 Å². The third kappa shape index (κ3) is 3.75. The molecule has 6 nitrogen and oxygen atoms in total. The molecular formula is C13H24N4O2. The average Bonchev–Trinajstić information content (AvgIpc) is 2.73. The van der Waals surface area contributed by atoms with E-state index in [0.717, 1.165) is 12.2 Å². The SMILES string of the molecule is CC(C(=O)O)C(C)n1nnnc1CC(C)C(C)(C)C. The summed E-state index contributed by atoms with van der Waals surface area (Å²) in [6.07, 6.45) is 0.743. The standard InChI is InChI=1S/C13H24N4O2/c1-8(13(4,5)6)7-11-14-15-16-17(11)10(3)9(2)12(18)19/h8-10H,7H2,1-6H3,(H,18,19). The fourth-order valence-electron chi connectivity index (χ4n) is 1.66. The van der Waals surface area contributed by atoms with Crippen molar-refractivity contribution in [1.82, 2.24) is 20.2 Å². The highest BCUT2D eigenvalue weighted by Gasteiger charge is 2.27. The van der Waals surface area contributed by atoms with Crippen LogP contribution in [0.4, 0.5) is 0 Å². The normalized spacial score (nSPS) is 16.9. The van der Waals surface area contributed by atoms with Gasteiger partial charge < -0.3 is 5.11 Å². The maximum absolute atomic E-state index is 11.0. The van der Waals surface area contributed by atoms with Crippen LogP contribution >= 0.6 is 0 Å². The Hall–Kier alpha value is -1.46. The summed E-state index contributed by atoms with van der Waals surface area (Å²) < 4.78 is 1.64. The highest BCUT2D eigenvalue weighted by molar-refractivity contribution is 5.70. The number of hydrogen-bond donors (Lipinski definition) is 1. The zero-order valence-electron chi connectivity index (χ0n) is 12.6. The van der Waals surface area contributed by atoms with E-state index in [1.807, 2.05) is 6.92 Å². The second-order valence-corrected chi connectivity index (χ2v) is 6.38. The molecule has 19 heavy (non-hydrogen) atoms. The van der Waals surface area contributed by atoms with Gasteiger partial charge in [0.1, 0.15) is 0 Å².